The molecule has 22 heavy (non-hydrogen) atoms. The highest BCUT2D eigenvalue weighted by molar-refractivity contribution is 5.77. The number of nitrogens with two attached hydrogens (primary N) is 1. The summed E-state index contributed by atoms with van der Waals surface area (Å²) >= 11 is 0. The molecule has 1 atom stereocenters. The van der Waals surface area contributed by atoms with Gasteiger partial charge in [0.2, 0.25) is 0 Å². The number of nitrogens with zero attached hydrogens (tertiary/aromatic N) is 2. The smallest absolute Gasteiger partial charge is 0.159 e. The SMILES string of the molecule is Nc1c(NCC2CCCO2)ncnc1Nc1ccccc1F. The van der Waals surface area contributed by atoms with Crippen LogP contribution in [0.3, 0.4) is 0 Å². The number of halogens is 1. The third-order valence-corrected chi connectivity index (χ3v) is 3.53. The zero-order chi connectivity index (χ0) is 15.4. The van der Waals surface area contributed by atoms with Crippen LogP contribution in [0.4, 0.5) is 27.4 Å². The van der Waals surface area contributed by atoms with Gasteiger partial charge >= 0.3 is 0 Å². The summed E-state index contributed by atoms with van der Waals surface area (Å²) < 4.78 is 19.2. The molecule has 1 aliphatic rings. The van der Waals surface area contributed by atoms with Crippen LogP contribution in [0.1, 0.15) is 12.8 Å². The molecule has 116 valence electrons. The molecule has 4 N–H and O–H groups in total. The minimum Gasteiger partial charge on any atom is -0.393 e. The number of para-hydroxylation sites is 1. The minimum atomic E-state index is -0.366. The Kier molecular flexibility index (Phi) is 4.34. The van der Waals surface area contributed by atoms with Crippen molar-refractivity contribution >= 4 is 23.0 Å². The number of anilines is 4. The summed E-state index contributed by atoms with van der Waals surface area (Å²) in [4.78, 5) is 8.20. The van der Waals surface area contributed by atoms with Crippen molar-refractivity contribution in [1.82, 2.24) is 9.97 Å². The van der Waals surface area contributed by atoms with Crippen molar-refractivity contribution in [2.75, 3.05) is 29.5 Å². The van der Waals surface area contributed by atoms with Gasteiger partial charge in [-0.05, 0) is 25.0 Å². The van der Waals surface area contributed by atoms with Gasteiger partial charge < -0.3 is 21.1 Å². The van der Waals surface area contributed by atoms with Crippen molar-refractivity contribution in [1.29, 1.82) is 0 Å². The van der Waals surface area contributed by atoms with E-state index in [1.165, 1.54) is 12.4 Å². The fourth-order valence-electron chi connectivity index (χ4n) is 2.34. The van der Waals surface area contributed by atoms with Crippen molar-refractivity contribution < 1.29 is 9.13 Å². The number of rotatable bonds is 5. The highest BCUT2D eigenvalue weighted by Gasteiger charge is 2.16. The number of nitrogen functional groups attached to an aromatic ring is 1. The fraction of sp³-hybridized carbons (Fsp3) is 0.333. The average molecular weight is 303 g/mol. The average Bonchev–Trinajstić information content (AvgIpc) is 3.04. The first-order valence-electron chi connectivity index (χ1n) is 7.21. The van der Waals surface area contributed by atoms with Crippen LogP contribution in [0.25, 0.3) is 0 Å². The van der Waals surface area contributed by atoms with Crippen molar-refractivity contribution in [3.63, 3.8) is 0 Å². The van der Waals surface area contributed by atoms with E-state index in [0.717, 1.165) is 19.4 Å². The molecule has 1 unspecified atom stereocenters. The van der Waals surface area contributed by atoms with Crippen LogP contribution >= 0.6 is 0 Å². The van der Waals surface area contributed by atoms with Gasteiger partial charge in [-0.25, -0.2) is 14.4 Å². The first kappa shape index (κ1) is 14.5. The molecular weight excluding hydrogens is 285 g/mol. The Morgan fingerprint density at radius 3 is 2.86 bits per heavy atom. The van der Waals surface area contributed by atoms with Gasteiger partial charge in [-0.1, -0.05) is 12.1 Å². The third kappa shape index (κ3) is 3.25. The van der Waals surface area contributed by atoms with E-state index in [4.69, 9.17) is 10.5 Å². The molecular formula is C15H18FN5O. The van der Waals surface area contributed by atoms with Crippen LogP contribution in [0.5, 0.6) is 0 Å². The molecule has 1 aromatic heterocycles. The van der Waals surface area contributed by atoms with Crippen LogP contribution in [0.15, 0.2) is 30.6 Å². The molecule has 1 fully saturated rings. The molecule has 0 spiro atoms. The van der Waals surface area contributed by atoms with Crippen LogP contribution in [-0.4, -0.2) is 29.2 Å². The Hall–Kier alpha value is -2.41. The zero-order valence-corrected chi connectivity index (χ0v) is 12.1. The van der Waals surface area contributed by atoms with Crippen molar-refractivity contribution in [3.8, 4) is 0 Å². The van der Waals surface area contributed by atoms with Gasteiger partial charge in [-0.15, -0.1) is 0 Å². The standard InChI is InChI=1S/C15H18FN5O/c16-11-5-1-2-6-12(11)21-15-13(17)14(19-9-20-15)18-8-10-4-3-7-22-10/h1-2,5-6,9-10H,3-4,7-8,17H2,(H2,18,19,20,21). The van der Waals surface area contributed by atoms with Crippen LogP contribution < -0.4 is 16.4 Å². The van der Waals surface area contributed by atoms with E-state index in [0.29, 0.717) is 29.6 Å². The molecule has 3 rings (SSSR count). The molecule has 7 heteroatoms. The van der Waals surface area contributed by atoms with Crippen molar-refractivity contribution in [3.05, 3.63) is 36.4 Å². The fourth-order valence-corrected chi connectivity index (χ4v) is 2.34. The highest BCUT2D eigenvalue weighted by atomic mass is 19.1. The second-order valence-electron chi connectivity index (χ2n) is 5.11. The van der Waals surface area contributed by atoms with Crippen LogP contribution in [-0.2, 0) is 4.74 Å². The summed E-state index contributed by atoms with van der Waals surface area (Å²) in [5.41, 5.74) is 6.72. The molecule has 0 bridgehead atoms. The van der Waals surface area contributed by atoms with Gasteiger partial charge in [0.25, 0.3) is 0 Å². The molecule has 1 saturated heterocycles. The lowest BCUT2D eigenvalue weighted by atomic mass is 10.2. The quantitative estimate of drug-likeness (QED) is 0.787. The van der Waals surface area contributed by atoms with E-state index in [-0.39, 0.29) is 11.9 Å². The Morgan fingerprint density at radius 1 is 1.27 bits per heavy atom. The lowest BCUT2D eigenvalue weighted by molar-refractivity contribution is 0.120. The number of hydrogen-bond acceptors (Lipinski definition) is 6. The van der Waals surface area contributed by atoms with E-state index in [1.807, 2.05) is 0 Å². The number of hydrogen-bond donors (Lipinski definition) is 3. The summed E-state index contributed by atoms with van der Waals surface area (Å²) in [5.74, 6) is 0.522. The maximum Gasteiger partial charge on any atom is 0.159 e. The van der Waals surface area contributed by atoms with E-state index in [2.05, 4.69) is 20.6 Å². The molecule has 1 aromatic carbocycles. The second-order valence-corrected chi connectivity index (χ2v) is 5.11. The minimum absolute atomic E-state index is 0.178. The van der Waals surface area contributed by atoms with Gasteiger partial charge in [-0.2, -0.15) is 0 Å². The Bertz CT molecular complexity index is 646. The predicted octanol–water partition coefficient (Wildman–Crippen LogP) is 2.53. The van der Waals surface area contributed by atoms with Crippen LogP contribution in [0, 0.1) is 5.82 Å². The van der Waals surface area contributed by atoms with E-state index >= 15 is 0 Å². The summed E-state index contributed by atoms with van der Waals surface area (Å²) in [6, 6.07) is 6.35. The normalized spacial score (nSPS) is 17.4. The zero-order valence-electron chi connectivity index (χ0n) is 12.1. The monoisotopic (exact) mass is 303 g/mol. The Morgan fingerprint density at radius 2 is 2.09 bits per heavy atom. The molecule has 2 heterocycles. The number of benzene rings is 1. The molecule has 0 amide bonds. The molecule has 6 nitrogen and oxygen atoms in total. The molecule has 0 radical (unpaired) electrons. The number of nitrogens with one attached hydrogen (secondary N) is 2. The molecule has 0 aliphatic carbocycles. The van der Waals surface area contributed by atoms with Gasteiger partial charge in [0.1, 0.15) is 17.8 Å². The van der Waals surface area contributed by atoms with Gasteiger partial charge in [0.15, 0.2) is 11.6 Å². The summed E-state index contributed by atoms with van der Waals surface area (Å²) in [6.45, 7) is 1.44. The topological polar surface area (TPSA) is 85.1 Å². The number of aromatic nitrogens is 2. The largest absolute Gasteiger partial charge is 0.393 e. The van der Waals surface area contributed by atoms with Crippen molar-refractivity contribution in [2.24, 2.45) is 0 Å². The van der Waals surface area contributed by atoms with Gasteiger partial charge in [-0.3, -0.25) is 0 Å². The summed E-state index contributed by atoms with van der Waals surface area (Å²) in [7, 11) is 0. The maximum atomic E-state index is 13.7. The van der Waals surface area contributed by atoms with E-state index in [9.17, 15) is 4.39 Å². The number of ether oxygens (including phenoxy) is 1. The van der Waals surface area contributed by atoms with Gasteiger partial charge in [0, 0.05) is 13.2 Å². The molecule has 1 aliphatic heterocycles. The summed E-state index contributed by atoms with van der Waals surface area (Å²) in [5, 5.41) is 6.05. The molecule has 0 saturated carbocycles. The van der Waals surface area contributed by atoms with E-state index < -0.39 is 0 Å². The maximum absolute atomic E-state index is 13.7. The summed E-state index contributed by atoms with van der Waals surface area (Å²) in [6.07, 6.45) is 3.67. The Balaban J connectivity index is 1.72. The van der Waals surface area contributed by atoms with Crippen LogP contribution in [0.2, 0.25) is 0 Å². The Labute approximate surface area is 127 Å². The first-order chi connectivity index (χ1) is 10.7. The first-order valence-corrected chi connectivity index (χ1v) is 7.21. The second kappa shape index (κ2) is 6.57. The lowest BCUT2D eigenvalue weighted by Crippen LogP contribution is -2.20. The molecule has 2 aromatic rings. The van der Waals surface area contributed by atoms with Crippen molar-refractivity contribution in [2.45, 2.75) is 18.9 Å². The highest BCUT2D eigenvalue weighted by Crippen LogP contribution is 2.27. The van der Waals surface area contributed by atoms with Gasteiger partial charge in [0.05, 0.1) is 11.8 Å². The third-order valence-electron chi connectivity index (χ3n) is 3.53. The predicted molar refractivity (Wildman–Crippen MR) is 83.6 cm³/mol. The van der Waals surface area contributed by atoms with E-state index in [1.54, 1.807) is 18.2 Å². The lowest BCUT2D eigenvalue weighted by Gasteiger charge is -2.15.